The zero-order valence-corrected chi connectivity index (χ0v) is 14.3. The number of amides is 2. The maximum atomic E-state index is 14.0. The Morgan fingerprint density at radius 2 is 1.77 bits per heavy atom. The molecule has 0 saturated carbocycles. The van der Waals surface area contributed by atoms with Crippen molar-refractivity contribution >= 4 is 17.8 Å². The fourth-order valence-electron chi connectivity index (χ4n) is 2.55. The lowest BCUT2D eigenvalue weighted by molar-refractivity contribution is -0.141. The average Bonchev–Trinajstić information content (AvgIpc) is 2.63. The van der Waals surface area contributed by atoms with Gasteiger partial charge in [-0.25, -0.2) is 4.39 Å². The molecule has 2 amide bonds. The van der Waals surface area contributed by atoms with Crippen molar-refractivity contribution in [3.8, 4) is 0 Å². The molecule has 6 nitrogen and oxygen atoms in total. The minimum Gasteiger partial charge on any atom is -0.480 e. The molecule has 0 saturated heterocycles. The number of aliphatic carboxylic acids is 1. The van der Waals surface area contributed by atoms with Gasteiger partial charge in [0.05, 0.1) is 0 Å². The molecule has 3 N–H and O–H groups in total. The van der Waals surface area contributed by atoms with Crippen LogP contribution in [0.1, 0.15) is 23.7 Å². The minimum atomic E-state index is -1.28. The summed E-state index contributed by atoms with van der Waals surface area (Å²) in [5.41, 5.74) is 0.354. The molecule has 0 radical (unpaired) electrons. The first-order valence-corrected chi connectivity index (χ1v) is 8.26. The van der Waals surface area contributed by atoms with Gasteiger partial charge in [-0.1, -0.05) is 42.5 Å². The fraction of sp³-hybridized carbons (Fsp3) is 0.316. The first-order chi connectivity index (χ1) is 12.4. The van der Waals surface area contributed by atoms with Crippen LogP contribution in [0.2, 0.25) is 0 Å². The van der Waals surface area contributed by atoms with Crippen molar-refractivity contribution < 1.29 is 23.9 Å². The van der Waals surface area contributed by atoms with Gasteiger partial charge in [0, 0.05) is 11.5 Å². The van der Waals surface area contributed by atoms with Crippen molar-refractivity contribution in [2.75, 3.05) is 0 Å². The van der Waals surface area contributed by atoms with Gasteiger partial charge in [0.15, 0.2) is 0 Å². The lowest BCUT2D eigenvalue weighted by Crippen LogP contribution is -2.51. The normalized spacial score (nSPS) is 20.8. The summed E-state index contributed by atoms with van der Waals surface area (Å²) in [6.07, 6.45) is 4.98. The summed E-state index contributed by atoms with van der Waals surface area (Å²) in [5, 5.41) is 13.9. The first-order valence-electron chi connectivity index (χ1n) is 8.26. The number of rotatable bonds is 7. The number of hydrogen-bond donors (Lipinski definition) is 3. The molecule has 4 atom stereocenters. The maximum Gasteiger partial charge on any atom is 0.325 e. The van der Waals surface area contributed by atoms with Gasteiger partial charge < -0.3 is 15.7 Å². The molecule has 26 heavy (non-hydrogen) atoms. The van der Waals surface area contributed by atoms with Crippen molar-refractivity contribution in [1.82, 2.24) is 10.6 Å². The number of hydrogen-bond acceptors (Lipinski definition) is 3. The largest absolute Gasteiger partial charge is 0.480 e. The quantitative estimate of drug-likeness (QED) is 0.691. The zero-order chi connectivity index (χ0) is 19.1. The third kappa shape index (κ3) is 5.27. The second kappa shape index (κ2) is 8.94. The van der Waals surface area contributed by atoms with Crippen LogP contribution in [0.5, 0.6) is 0 Å². The van der Waals surface area contributed by atoms with Gasteiger partial charge >= 0.3 is 5.97 Å². The minimum absolute atomic E-state index is 0.0127. The number of allylic oxidation sites excluding steroid dienone is 4. The predicted molar refractivity (Wildman–Crippen MR) is 94.2 cm³/mol. The molecule has 2 unspecified atom stereocenters. The van der Waals surface area contributed by atoms with E-state index in [1.807, 2.05) is 0 Å². The van der Waals surface area contributed by atoms with Crippen LogP contribution in [0.15, 0.2) is 54.6 Å². The summed E-state index contributed by atoms with van der Waals surface area (Å²) in [6.45, 7) is 1.32. The van der Waals surface area contributed by atoms with Crippen LogP contribution in [0.3, 0.4) is 0 Å². The van der Waals surface area contributed by atoms with Gasteiger partial charge in [-0.3, -0.25) is 14.4 Å². The molecule has 138 valence electrons. The van der Waals surface area contributed by atoms with Gasteiger partial charge in [-0.15, -0.1) is 0 Å². The molecular formula is C19H21FN2O4. The first kappa shape index (κ1) is 19.4. The second-order valence-corrected chi connectivity index (χ2v) is 6.07. The van der Waals surface area contributed by atoms with Gasteiger partial charge in [-0.05, 0) is 25.5 Å². The summed E-state index contributed by atoms with van der Waals surface area (Å²) in [5.74, 6) is -2.94. The Bertz CT molecular complexity index is 718. The Hall–Kier alpha value is -2.96. The standard InChI is InChI=1S/C19H21FN2O4/c1-12(19(25)26)21-18(24)16(11-14-9-5-6-10-15(14)20)22-17(23)13-7-3-2-4-8-13/h2-10,12,14-16H,11H2,1H3,(H,21,24)(H,22,23)(H,25,26)/t12-,14?,15?,16+/m0/s1. The molecule has 7 heteroatoms. The van der Waals surface area contributed by atoms with E-state index in [1.165, 1.54) is 13.0 Å². The highest BCUT2D eigenvalue weighted by Gasteiger charge is 2.29. The van der Waals surface area contributed by atoms with E-state index >= 15 is 0 Å². The Morgan fingerprint density at radius 3 is 2.38 bits per heavy atom. The summed E-state index contributed by atoms with van der Waals surface area (Å²) in [6, 6.07) is 6.11. The van der Waals surface area contributed by atoms with E-state index in [9.17, 15) is 18.8 Å². The molecule has 0 aliphatic heterocycles. The highest BCUT2D eigenvalue weighted by molar-refractivity contribution is 5.98. The van der Waals surface area contributed by atoms with E-state index in [0.717, 1.165) is 0 Å². The number of carboxylic acids is 1. The van der Waals surface area contributed by atoms with E-state index in [4.69, 9.17) is 5.11 Å². The fourth-order valence-corrected chi connectivity index (χ4v) is 2.55. The number of benzene rings is 1. The van der Waals surface area contributed by atoms with Crippen LogP contribution in [-0.4, -0.2) is 41.1 Å². The van der Waals surface area contributed by atoms with Crippen molar-refractivity contribution in [3.05, 3.63) is 60.2 Å². The molecule has 1 aliphatic rings. The molecule has 0 aromatic heterocycles. The van der Waals surface area contributed by atoms with Crippen LogP contribution in [0.25, 0.3) is 0 Å². The van der Waals surface area contributed by atoms with Gasteiger partial charge in [0.25, 0.3) is 5.91 Å². The Balaban J connectivity index is 2.13. The molecule has 0 bridgehead atoms. The van der Waals surface area contributed by atoms with Crippen LogP contribution >= 0.6 is 0 Å². The van der Waals surface area contributed by atoms with E-state index < -0.39 is 42.0 Å². The van der Waals surface area contributed by atoms with Crippen molar-refractivity contribution in [2.45, 2.75) is 31.6 Å². The molecule has 0 fully saturated rings. The summed E-state index contributed by atoms with van der Waals surface area (Å²) < 4.78 is 14.0. The summed E-state index contributed by atoms with van der Waals surface area (Å²) >= 11 is 0. The highest BCUT2D eigenvalue weighted by Crippen LogP contribution is 2.21. The Labute approximate surface area is 150 Å². The molecular weight excluding hydrogens is 339 g/mol. The molecule has 0 spiro atoms. The second-order valence-electron chi connectivity index (χ2n) is 6.07. The molecule has 1 aromatic rings. The van der Waals surface area contributed by atoms with Gasteiger partial charge in [0.1, 0.15) is 18.3 Å². The highest BCUT2D eigenvalue weighted by atomic mass is 19.1. The topological polar surface area (TPSA) is 95.5 Å². The number of carboxylic acid groups (broad SMARTS) is 1. The number of nitrogens with one attached hydrogen (secondary N) is 2. The number of halogens is 1. The molecule has 0 heterocycles. The van der Waals surface area contributed by atoms with E-state index in [0.29, 0.717) is 5.56 Å². The van der Waals surface area contributed by atoms with Crippen LogP contribution < -0.4 is 10.6 Å². The third-order valence-electron chi connectivity index (χ3n) is 4.07. The van der Waals surface area contributed by atoms with Crippen molar-refractivity contribution in [1.29, 1.82) is 0 Å². The maximum absolute atomic E-state index is 14.0. The van der Waals surface area contributed by atoms with Gasteiger partial charge in [0.2, 0.25) is 5.91 Å². The smallest absolute Gasteiger partial charge is 0.325 e. The molecule has 1 aliphatic carbocycles. The van der Waals surface area contributed by atoms with Gasteiger partial charge in [-0.2, -0.15) is 0 Å². The number of alkyl halides is 1. The van der Waals surface area contributed by atoms with E-state index in [-0.39, 0.29) is 6.42 Å². The monoisotopic (exact) mass is 360 g/mol. The van der Waals surface area contributed by atoms with Crippen LogP contribution in [0.4, 0.5) is 4.39 Å². The number of carbonyl (C=O) groups is 3. The van der Waals surface area contributed by atoms with Crippen LogP contribution in [0, 0.1) is 5.92 Å². The Morgan fingerprint density at radius 1 is 1.12 bits per heavy atom. The Kier molecular flexibility index (Phi) is 6.66. The lowest BCUT2D eigenvalue weighted by atomic mass is 9.91. The number of carbonyl (C=O) groups excluding carboxylic acids is 2. The van der Waals surface area contributed by atoms with Crippen molar-refractivity contribution in [2.24, 2.45) is 5.92 Å². The molecule has 2 rings (SSSR count). The van der Waals surface area contributed by atoms with Crippen molar-refractivity contribution in [3.63, 3.8) is 0 Å². The lowest BCUT2D eigenvalue weighted by Gasteiger charge is -2.25. The predicted octanol–water partition coefficient (Wildman–Crippen LogP) is 1.84. The average molecular weight is 360 g/mol. The summed E-state index contributed by atoms with van der Waals surface area (Å²) in [7, 11) is 0. The van der Waals surface area contributed by atoms with E-state index in [1.54, 1.807) is 48.6 Å². The van der Waals surface area contributed by atoms with Crippen LogP contribution in [-0.2, 0) is 9.59 Å². The zero-order valence-electron chi connectivity index (χ0n) is 14.3. The molecule has 1 aromatic carbocycles. The SMILES string of the molecule is C[C@H](NC(=O)[C@@H](CC1C=CC=CC1F)NC(=O)c1ccccc1)C(=O)O. The van der Waals surface area contributed by atoms with E-state index in [2.05, 4.69) is 10.6 Å². The summed E-state index contributed by atoms with van der Waals surface area (Å²) in [4.78, 5) is 35.8. The third-order valence-corrected chi connectivity index (χ3v) is 4.07.